The average Bonchev–Trinajstić information content (AvgIpc) is 3.10. The van der Waals surface area contributed by atoms with E-state index in [-0.39, 0.29) is 5.41 Å². The molecule has 1 spiro atoms. The molecule has 4 heteroatoms. The van der Waals surface area contributed by atoms with Crippen molar-refractivity contribution >= 4 is 31.9 Å². The Morgan fingerprint density at radius 3 is 1.71 bits per heavy atom. The third kappa shape index (κ3) is 1.67. The predicted molar refractivity (Wildman–Crippen MR) is 101 cm³/mol. The Bertz CT molecular complexity index is 803. The van der Waals surface area contributed by atoms with Crippen molar-refractivity contribution in [1.29, 1.82) is 0 Å². The van der Waals surface area contributed by atoms with E-state index in [4.69, 9.17) is 0 Å². The van der Waals surface area contributed by atoms with Gasteiger partial charge in [0.05, 0.1) is 0 Å². The van der Waals surface area contributed by atoms with Gasteiger partial charge in [0, 0.05) is 25.5 Å². The van der Waals surface area contributed by atoms with Crippen LogP contribution < -0.4 is 0 Å². The predicted octanol–water partition coefficient (Wildman–Crippen LogP) is 5.44. The molecule has 0 amide bonds. The average molecular weight is 450 g/mol. The Kier molecular flexibility index (Phi) is 3.19. The lowest BCUT2D eigenvalue weighted by Crippen LogP contribution is -2.41. The summed E-state index contributed by atoms with van der Waals surface area (Å²) in [7, 11) is 0. The molecular formula is C20H18Br2O2. The lowest BCUT2D eigenvalue weighted by Gasteiger charge is -2.43. The second-order valence-corrected chi connectivity index (χ2v) is 9.15. The molecule has 2 aromatic rings. The van der Waals surface area contributed by atoms with Crippen LogP contribution in [0.3, 0.4) is 0 Å². The van der Waals surface area contributed by atoms with Crippen molar-refractivity contribution in [2.45, 2.75) is 37.5 Å². The summed E-state index contributed by atoms with van der Waals surface area (Å²) in [4.78, 5) is 0. The Morgan fingerprint density at radius 2 is 1.25 bits per heavy atom. The maximum atomic E-state index is 10.8. The van der Waals surface area contributed by atoms with Crippen LogP contribution in [0, 0.1) is 11.8 Å². The first-order chi connectivity index (χ1) is 11.5. The first-order valence-electron chi connectivity index (χ1n) is 8.56. The van der Waals surface area contributed by atoms with Crippen LogP contribution in [0.2, 0.25) is 0 Å². The van der Waals surface area contributed by atoms with E-state index >= 15 is 0 Å². The van der Waals surface area contributed by atoms with Crippen LogP contribution in [0.15, 0.2) is 33.2 Å². The molecule has 124 valence electrons. The molecule has 0 saturated heterocycles. The standard InChI is InChI=1S/C20H18Br2O2/c21-14-4-6-16(23)18-12(14)8-10-2-1-3-11-9-13-15(22)5-7-17(24)19(13)20(10,11)18/h4-7,10-11,23-24H,1-3,8-9H2. The van der Waals surface area contributed by atoms with Crippen molar-refractivity contribution in [3.8, 4) is 11.5 Å². The molecule has 1 saturated carbocycles. The number of benzene rings is 2. The highest BCUT2D eigenvalue weighted by Crippen LogP contribution is 2.67. The smallest absolute Gasteiger partial charge is 0.120 e. The maximum Gasteiger partial charge on any atom is 0.120 e. The van der Waals surface area contributed by atoms with Crippen molar-refractivity contribution in [3.05, 3.63) is 55.5 Å². The third-order valence-electron chi connectivity index (χ3n) is 6.59. The molecule has 3 aliphatic rings. The normalized spacial score (nSPS) is 29.8. The molecular weight excluding hydrogens is 432 g/mol. The van der Waals surface area contributed by atoms with Crippen LogP contribution in [0.5, 0.6) is 11.5 Å². The summed E-state index contributed by atoms with van der Waals surface area (Å²) in [5.74, 6) is 1.68. The molecule has 2 N–H and O–H groups in total. The van der Waals surface area contributed by atoms with Gasteiger partial charge in [-0.2, -0.15) is 0 Å². The van der Waals surface area contributed by atoms with E-state index in [0.717, 1.165) is 45.8 Å². The summed E-state index contributed by atoms with van der Waals surface area (Å²) >= 11 is 7.40. The van der Waals surface area contributed by atoms with Gasteiger partial charge in [-0.15, -0.1) is 0 Å². The van der Waals surface area contributed by atoms with Crippen LogP contribution in [-0.4, -0.2) is 10.2 Å². The number of rotatable bonds is 0. The van der Waals surface area contributed by atoms with Gasteiger partial charge in [0.1, 0.15) is 11.5 Å². The fourth-order valence-electron chi connectivity index (χ4n) is 5.90. The van der Waals surface area contributed by atoms with E-state index in [9.17, 15) is 10.2 Å². The third-order valence-corrected chi connectivity index (χ3v) is 8.07. The molecule has 2 nitrogen and oxygen atoms in total. The number of aromatic hydroxyl groups is 2. The van der Waals surface area contributed by atoms with Gasteiger partial charge in [-0.1, -0.05) is 38.3 Å². The van der Waals surface area contributed by atoms with Crippen molar-refractivity contribution in [3.63, 3.8) is 0 Å². The summed E-state index contributed by atoms with van der Waals surface area (Å²) in [5.41, 5.74) is 4.38. The molecule has 2 unspecified atom stereocenters. The van der Waals surface area contributed by atoms with Crippen molar-refractivity contribution in [2.75, 3.05) is 0 Å². The first-order valence-corrected chi connectivity index (χ1v) is 10.1. The van der Waals surface area contributed by atoms with Crippen LogP contribution in [0.25, 0.3) is 0 Å². The van der Waals surface area contributed by atoms with E-state index in [2.05, 4.69) is 31.9 Å². The maximum absolute atomic E-state index is 10.8. The summed E-state index contributed by atoms with van der Waals surface area (Å²) in [5, 5.41) is 21.6. The number of phenols is 2. The highest BCUT2D eigenvalue weighted by Gasteiger charge is 2.60. The van der Waals surface area contributed by atoms with Crippen molar-refractivity contribution < 1.29 is 10.2 Å². The molecule has 2 aromatic carbocycles. The van der Waals surface area contributed by atoms with Crippen LogP contribution >= 0.6 is 31.9 Å². The number of hydrogen-bond donors (Lipinski definition) is 2. The van der Waals surface area contributed by atoms with Gasteiger partial charge < -0.3 is 10.2 Å². The van der Waals surface area contributed by atoms with Crippen LogP contribution in [0.1, 0.15) is 41.5 Å². The largest absolute Gasteiger partial charge is 0.508 e. The Labute approximate surface area is 158 Å². The highest BCUT2D eigenvalue weighted by molar-refractivity contribution is 9.10. The zero-order valence-electron chi connectivity index (χ0n) is 13.1. The Morgan fingerprint density at radius 1 is 0.792 bits per heavy atom. The lowest BCUT2D eigenvalue weighted by molar-refractivity contribution is 0.170. The van der Waals surface area contributed by atoms with Crippen molar-refractivity contribution in [2.24, 2.45) is 11.8 Å². The molecule has 0 radical (unpaired) electrons. The summed E-state index contributed by atoms with van der Waals surface area (Å²) in [6.45, 7) is 0. The molecule has 0 aliphatic heterocycles. The number of halogens is 2. The SMILES string of the molecule is Oc1ccc(Br)c2c1C13c4c(O)ccc(Br)c4CC1CCCC3C2. The first kappa shape index (κ1) is 15.3. The van der Waals surface area contributed by atoms with Gasteiger partial charge in [-0.25, -0.2) is 0 Å². The lowest BCUT2D eigenvalue weighted by atomic mass is 9.59. The zero-order valence-corrected chi connectivity index (χ0v) is 16.3. The van der Waals surface area contributed by atoms with E-state index < -0.39 is 0 Å². The molecule has 3 aliphatic carbocycles. The minimum Gasteiger partial charge on any atom is -0.508 e. The van der Waals surface area contributed by atoms with Gasteiger partial charge in [-0.3, -0.25) is 0 Å². The molecule has 0 heterocycles. The summed E-state index contributed by atoms with van der Waals surface area (Å²) < 4.78 is 2.17. The number of fused-ring (bicyclic) bond motifs is 2. The summed E-state index contributed by atoms with van der Waals surface area (Å²) in [6.07, 6.45) is 5.50. The topological polar surface area (TPSA) is 40.5 Å². The monoisotopic (exact) mass is 448 g/mol. The van der Waals surface area contributed by atoms with Gasteiger partial charge in [-0.05, 0) is 72.9 Å². The fraction of sp³-hybridized carbons (Fsp3) is 0.400. The van der Waals surface area contributed by atoms with Crippen molar-refractivity contribution in [1.82, 2.24) is 0 Å². The number of hydrogen-bond acceptors (Lipinski definition) is 2. The molecule has 5 rings (SSSR count). The van der Waals surface area contributed by atoms with Crippen LogP contribution in [-0.2, 0) is 18.3 Å². The quantitative estimate of drug-likeness (QED) is 0.562. The Hall–Kier alpha value is -1.00. The molecule has 0 aromatic heterocycles. The van der Waals surface area contributed by atoms with E-state index in [1.807, 2.05) is 12.1 Å². The second kappa shape index (κ2) is 5.01. The summed E-state index contributed by atoms with van der Waals surface area (Å²) in [6, 6.07) is 7.51. The minimum absolute atomic E-state index is 0.232. The Balaban J connectivity index is 1.91. The van der Waals surface area contributed by atoms with Gasteiger partial charge in [0.2, 0.25) is 0 Å². The zero-order chi connectivity index (χ0) is 16.6. The van der Waals surface area contributed by atoms with E-state index in [0.29, 0.717) is 23.3 Å². The molecule has 0 bridgehead atoms. The van der Waals surface area contributed by atoms with Crippen LogP contribution in [0.4, 0.5) is 0 Å². The molecule has 1 fully saturated rings. The van der Waals surface area contributed by atoms with Gasteiger partial charge in [0.15, 0.2) is 0 Å². The molecule has 2 atom stereocenters. The van der Waals surface area contributed by atoms with Gasteiger partial charge >= 0.3 is 0 Å². The molecule has 24 heavy (non-hydrogen) atoms. The van der Waals surface area contributed by atoms with Gasteiger partial charge in [0.25, 0.3) is 0 Å². The minimum atomic E-state index is -0.232. The fourth-order valence-corrected chi connectivity index (χ4v) is 6.89. The van der Waals surface area contributed by atoms with E-state index in [1.165, 1.54) is 17.5 Å². The second-order valence-electron chi connectivity index (χ2n) is 7.44. The number of phenolic OH excluding ortho intramolecular Hbond substituents is 2. The van der Waals surface area contributed by atoms with E-state index in [1.54, 1.807) is 12.1 Å². The highest BCUT2D eigenvalue weighted by atomic mass is 79.9.